The Balaban J connectivity index is 0.00000400. The Hall–Kier alpha value is -1.59. The third-order valence-electron chi connectivity index (χ3n) is 3.02. The lowest BCUT2D eigenvalue weighted by atomic mass is 10.1. The van der Waals surface area contributed by atoms with Crippen LogP contribution in [0.25, 0.3) is 0 Å². The van der Waals surface area contributed by atoms with Gasteiger partial charge < -0.3 is 16.0 Å². The summed E-state index contributed by atoms with van der Waals surface area (Å²) in [4.78, 5) is 24.8. The fourth-order valence-electron chi connectivity index (χ4n) is 1.80. The molecule has 1 atom stereocenters. The number of rotatable bonds is 5. The van der Waals surface area contributed by atoms with Crippen LogP contribution in [0.1, 0.15) is 33.3 Å². The fraction of sp³-hybridized carbons (Fsp3) is 0.467. The van der Waals surface area contributed by atoms with Crippen LogP contribution in [0.15, 0.2) is 24.3 Å². The van der Waals surface area contributed by atoms with E-state index in [2.05, 4.69) is 5.32 Å². The van der Waals surface area contributed by atoms with Crippen molar-refractivity contribution in [2.45, 2.75) is 46.3 Å². The molecule has 0 aromatic heterocycles. The van der Waals surface area contributed by atoms with Crippen LogP contribution in [0, 0.1) is 0 Å². The number of carbonyl (C=O) groups is 2. The minimum atomic E-state index is -0.538. The van der Waals surface area contributed by atoms with Crippen molar-refractivity contribution in [2.24, 2.45) is 5.73 Å². The van der Waals surface area contributed by atoms with Crippen molar-refractivity contribution >= 4 is 29.9 Å². The molecule has 0 heterocycles. The van der Waals surface area contributed by atoms with Crippen molar-refractivity contribution < 1.29 is 9.59 Å². The highest BCUT2D eigenvalue weighted by Gasteiger charge is 2.13. The van der Waals surface area contributed by atoms with Crippen LogP contribution >= 0.6 is 12.4 Å². The van der Waals surface area contributed by atoms with Gasteiger partial charge in [-0.05, 0) is 38.5 Å². The fourth-order valence-corrected chi connectivity index (χ4v) is 1.80. The average Bonchev–Trinajstić information content (AvgIpc) is 2.36. The predicted octanol–water partition coefficient (Wildman–Crippen LogP) is 2.15. The smallest absolute Gasteiger partial charge is 0.240 e. The largest absolute Gasteiger partial charge is 0.336 e. The minimum Gasteiger partial charge on any atom is -0.336 e. The molecule has 118 valence electrons. The van der Waals surface area contributed by atoms with Gasteiger partial charge in [0.1, 0.15) is 0 Å². The van der Waals surface area contributed by atoms with Crippen LogP contribution in [0.5, 0.6) is 0 Å². The van der Waals surface area contributed by atoms with Gasteiger partial charge in [-0.25, -0.2) is 0 Å². The summed E-state index contributed by atoms with van der Waals surface area (Å²) in [7, 11) is 0. The van der Waals surface area contributed by atoms with Crippen LogP contribution in [-0.2, 0) is 16.1 Å². The number of nitrogens with zero attached hydrogens (tertiary/aromatic N) is 1. The van der Waals surface area contributed by atoms with E-state index in [0.717, 1.165) is 5.56 Å². The van der Waals surface area contributed by atoms with Gasteiger partial charge in [0.2, 0.25) is 11.8 Å². The highest BCUT2D eigenvalue weighted by molar-refractivity contribution is 5.94. The standard InChI is InChI=1S/C15H23N3O2.ClH/c1-10(2)18(12(4)19)9-13-5-7-14(8-6-13)17-15(20)11(3)16;/h5-8,10-11H,9,16H2,1-4H3,(H,17,20);1H/t11-;/m1./s1. The van der Waals surface area contributed by atoms with E-state index in [1.54, 1.807) is 18.7 Å². The monoisotopic (exact) mass is 313 g/mol. The van der Waals surface area contributed by atoms with Gasteiger partial charge in [-0.2, -0.15) is 0 Å². The second-order valence-electron chi connectivity index (χ2n) is 5.22. The third kappa shape index (κ3) is 6.14. The number of hydrogen-bond acceptors (Lipinski definition) is 3. The summed E-state index contributed by atoms with van der Waals surface area (Å²) in [5.41, 5.74) is 7.21. The number of hydrogen-bond donors (Lipinski definition) is 2. The first-order chi connectivity index (χ1) is 9.31. The van der Waals surface area contributed by atoms with E-state index in [1.165, 1.54) is 0 Å². The van der Waals surface area contributed by atoms with Gasteiger partial charge in [0, 0.05) is 25.2 Å². The molecule has 0 radical (unpaired) electrons. The van der Waals surface area contributed by atoms with Crippen LogP contribution in [0.4, 0.5) is 5.69 Å². The average molecular weight is 314 g/mol. The maximum Gasteiger partial charge on any atom is 0.240 e. The van der Waals surface area contributed by atoms with E-state index in [0.29, 0.717) is 12.2 Å². The lowest BCUT2D eigenvalue weighted by Gasteiger charge is -2.25. The van der Waals surface area contributed by atoms with Gasteiger partial charge in [-0.1, -0.05) is 12.1 Å². The van der Waals surface area contributed by atoms with Crippen LogP contribution in [-0.4, -0.2) is 28.8 Å². The summed E-state index contributed by atoms with van der Waals surface area (Å²) in [6.45, 7) is 7.74. The van der Waals surface area contributed by atoms with Gasteiger partial charge in [-0.3, -0.25) is 9.59 Å². The van der Waals surface area contributed by atoms with Gasteiger partial charge in [0.25, 0.3) is 0 Å². The Kier molecular flexibility index (Phi) is 7.99. The number of nitrogens with two attached hydrogens (primary N) is 1. The van der Waals surface area contributed by atoms with Crippen molar-refractivity contribution in [3.63, 3.8) is 0 Å². The number of anilines is 1. The van der Waals surface area contributed by atoms with E-state index >= 15 is 0 Å². The van der Waals surface area contributed by atoms with Crippen molar-refractivity contribution in [1.29, 1.82) is 0 Å². The molecule has 2 amide bonds. The molecule has 0 saturated heterocycles. The molecule has 0 spiro atoms. The van der Waals surface area contributed by atoms with E-state index < -0.39 is 6.04 Å². The van der Waals surface area contributed by atoms with Crippen LogP contribution in [0.2, 0.25) is 0 Å². The summed E-state index contributed by atoms with van der Waals surface area (Å²) >= 11 is 0. The summed E-state index contributed by atoms with van der Waals surface area (Å²) in [6, 6.07) is 7.04. The van der Waals surface area contributed by atoms with Crippen LogP contribution < -0.4 is 11.1 Å². The van der Waals surface area contributed by atoms with Gasteiger partial charge in [-0.15, -0.1) is 12.4 Å². The molecule has 0 aliphatic rings. The number of nitrogens with one attached hydrogen (secondary N) is 1. The summed E-state index contributed by atoms with van der Waals surface area (Å²) in [6.07, 6.45) is 0. The zero-order valence-electron chi connectivity index (χ0n) is 12.9. The number of benzene rings is 1. The maximum atomic E-state index is 11.5. The summed E-state index contributed by atoms with van der Waals surface area (Å²) in [5.74, 6) is -0.167. The Labute approximate surface area is 132 Å². The van der Waals surface area contributed by atoms with E-state index in [1.807, 2.05) is 38.1 Å². The molecule has 21 heavy (non-hydrogen) atoms. The molecule has 1 aromatic rings. The first kappa shape index (κ1) is 19.4. The molecular weight excluding hydrogens is 290 g/mol. The molecule has 0 unspecified atom stereocenters. The molecule has 0 bridgehead atoms. The Bertz CT molecular complexity index is 472. The Morgan fingerprint density at radius 3 is 2.10 bits per heavy atom. The lowest BCUT2D eigenvalue weighted by Crippen LogP contribution is -2.34. The first-order valence-corrected chi connectivity index (χ1v) is 6.74. The summed E-state index contributed by atoms with van der Waals surface area (Å²) < 4.78 is 0. The van der Waals surface area contributed by atoms with Crippen molar-refractivity contribution in [2.75, 3.05) is 5.32 Å². The van der Waals surface area contributed by atoms with E-state index in [-0.39, 0.29) is 30.3 Å². The molecule has 5 nitrogen and oxygen atoms in total. The molecule has 0 saturated carbocycles. The molecule has 3 N–H and O–H groups in total. The van der Waals surface area contributed by atoms with Gasteiger partial charge >= 0.3 is 0 Å². The molecule has 1 aromatic carbocycles. The topological polar surface area (TPSA) is 75.4 Å². The Morgan fingerprint density at radius 1 is 1.19 bits per heavy atom. The molecule has 0 fully saturated rings. The normalized spacial score (nSPS) is 11.5. The highest BCUT2D eigenvalue weighted by Crippen LogP contribution is 2.13. The molecule has 0 aliphatic carbocycles. The molecule has 1 rings (SSSR count). The molecule has 0 aliphatic heterocycles. The third-order valence-corrected chi connectivity index (χ3v) is 3.02. The summed E-state index contributed by atoms with van der Waals surface area (Å²) in [5, 5.41) is 2.72. The zero-order chi connectivity index (χ0) is 15.3. The first-order valence-electron chi connectivity index (χ1n) is 6.74. The molecule has 6 heteroatoms. The predicted molar refractivity (Wildman–Crippen MR) is 87.3 cm³/mol. The molecular formula is C15H24ClN3O2. The van der Waals surface area contributed by atoms with Crippen molar-refractivity contribution in [3.05, 3.63) is 29.8 Å². The Morgan fingerprint density at radius 2 is 1.71 bits per heavy atom. The van der Waals surface area contributed by atoms with Crippen LogP contribution in [0.3, 0.4) is 0 Å². The van der Waals surface area contributed by atoms with E-state index in [4.69, 9.17) is 5.73 Å². The van der Waals surface area contributed by atoms with Crippen molar-refractivity contribution in [3.8, 4) is 0 Å². The number of halogens is 1. The zero-order valence-corrected chi connectivity index (χ0v) is 13.7. The van der Waals surface area contributed by atoms with Crippen molar-refractivity contribution in [1.82, 2.24) is 4.90 Å². The van der Waals surface area contributed by atoms with Gasteiger partial charge in [0.15, 0.2) is 0 Å². The van der Waals surface area contributed by atoms with Gasteiger partial charge in [0.05, 0.1) is 6.04 Å². The second kappa shape index (κ2) is 8.64. The second-order valence-corrected chi connectivity index (χ2v) is 5.22. The highest BCUT2D eigenvalue weighted by atomic mass is 35.5. The SMILES string of the molecule is CC(=O)N(Cc1ccc(NC(=O)[C@@H](C)N)cc1)C(C)C.Cl. The maximum absolute atomic E-state index is 11.5. The van der Waals surface area contributed by atoms with E-state index in [9.17, 15) is 9.59 Å². The quantitative estimate of drug-likeness (QED) is 0.874. The number of carbonyl (C=O) groups excluding carboxylic acids is 2. The lowest BCUT2D eigenvalue weighted by molar-refractivity contribution is -0.131. The number of amides is 2. The minimum absolute atomic E-state index is 0.